The number of aromatic hydroxyl groups is 3. The van der Waals surface area contributed by atoms with Crippen LogP contribution in [0.2, 0.25) is 0 Å². The Balaban J connectivity index is 0.000000162. The smallest absolute Gasteiger partial charge is 0.224 e. The monoisotopic (exact) mass is 1360 g/mol. The van der Waals surface area contributed by atoms with Crippen LogP contribution in [0, 0.1) is 11.9 Å². The minimum Gasteiger partial charge on any atom is -0.502 e. The third-order valence-electron chi connectivity index (χ3n) is 17.2. The molecular formula is C76H74F2N6O16. The molecule has 0 saturated carbocycles. The van der Waals surface area contributed by atoms with Crippen LogP contribution in [-0.2, 0) is 40.4 Å². The number of benzene rings is 3. The number of phenolic OH excluding ortho intramolecular Hbond substituents is 3. The predicted molar refractivity (Wildman–Crippen MR) is 368 cm³/mol. The fraction of sp³-hybridized carbons (Fsp3) is 0.237. The fourth-order valence-electron chi connectivity index (χ4n) is 12.1. The molecule has 6 N–H and O–H groups in total. The van der Waals surface area contributed by atoms with E-state index in [1.54, 1.807) is 98.8 Å². The predicted octanol–water partition coefficient (Wildman–Crippen LogP) is 13.4. The average molecular weight is 1370 g/mol. The fourth-order valence-corrected chi connectivity index (χ4v) is 12.1. The number of halogens is 2. The van der Waals surface area contributed by atoms with Gasteiger partial charge in [-0.1, -0.05) is 5.57 Å². The summed E-state index contributed by atoms with van der Waals surface area (Å²) in [6.07, 6.45) is 14.0. The van der Waals surface area contributed by atoms with Gasteiger partial charge in [0, 0.05) is 47.1 Å². The number of nitrogens with one attached hydrogen (secondary N) is 3. The molecule has 1 atom stereocenters. The summed E-state index contributed by atoms with van der Waals surface area (Å²) in [4.78, 5) is 50.3. The van der Waals surface area contributed by atoms with Gasteiger partial charge in [-0.05, 0) is 185 Å². The maximum absolute atomic E-state index is 14.0. The molecule has 9 aromatic rings. The highest BCUT2D eigenvalue weighted by Crippen LogP contribution is 2.49. The number of aromatic nitrogens is 3. The van der Waals surface area contributed by atoms with Crippen LogP contribution < -0.4 is 49.1 Å². The molecule has 0 spiro atoms. The number of methoxy groups -OCH3 is 7. The molecule has 3 aromatic carbocycles. The zero-order valence-corrected chi connectivity index (χ0v) is 56.6. The molecule has 3 aliphatic carbocycles. The van der Waals surface area contributed by atoms with Crippen molar-refractivity contribution in [1.29, 1.82) is 0 Å². The summed E-state index contributed by atoms with van der Waals surface area (Å²) in [5, 5.41) is 39.2. The summed E-state index contributed by atoms with van der Waals surface area (Å²) in [5.41, 5.74) is 13.5. The lowest BCUT2D eigenvalue weighted by atomic mass is 9.90. The average Bonchev–Trinajstić information content (AvgIpc) is 1.63. The first-order chi connectivity index (χ1) is 48.3. The molecule has 0 fully saturated rings. The number of allylic oxidation sites excluding steroid dienone is 5. The molecule has 22 nitrogen and oxygen atoms in total. The van der Waals surface area contributed by atoms with E-state index in [-0.39, 0.29) is 84.7 Å². The third-order valence-corrected chi connectivity index (χ3v) is 17.2. The molecular weight excluding hydrogens is 1290 g/mol. The quantitative estimate of drug-likeness (QED) is 0.0324. The van der Waals surface area contributed by atoms with Gasteiger partial charge in [-0.25, -0.2) is 9.97 Å². The van der Waals surface area contributed by atoms with E-state index < -0.39 is 11.9 Å². The van der Waals surface area contributed by atoms with Crippen LogP contribution in [0.3, 0.4) is 0 Å². The van der Waals surface area contributed by atoms with E-state index in [4.69, 9.17) is 46.4 Å². The van der Waals surface area contributed by atoms with Crippen molar-refractivity contribution in [3.05, 3.63) is 224 Å². The first-order valence-corrected chi connectivity index (χ1v) is 31.4. The second kappa shape index (κ2) is 31.9. The number of nitrogens with zero attached hydrogens (tertiary/aromatic N) is 3. The summed E-state index contributed by atoms with van der Waals surface area (Å²) in [6.45, 7) is 6.67. The molecule has 6 heterocycles. The number of ether oxygens (including phenoxy) is 7. The Morgan fingerprint density at radius 1 is 0.480 bits per heavy atom. The van der Waals surface area contributed by atoms with E-state index >= 15 is 0 Å². The molecule has 0 bridgehead atoms. The van der Waals surface area contributed by atoms with Crippen molar-refractivity contribution in [2.24, 2.45) is 0 Å². The van der Waals surface area contributed by atoms with Crippen molar-refractivity contribution in [2.45, 2.75) is 72.0 Å². The van der Waals surface area contributed by atoms with Crippen molar-refractivity contribution in [3.63, 3.8) is 0 Å². The van der Waals surface area contributed by atoms with Crippen LogP contribution in [0.1, 0.15) is 113 Å². The largest absolute Gasteiger partial charge is 0.502 e. The topological polar surface area (TPSA) is 291 Å². The second-order valence-electron chi connectivity index (χ2n) is 23.2. The zero-order valence-electron chi connectivity index (χ0n) is 56.6. The van der Waals surface area contributed by atoms with E-state index in [1.165, 1.54) is 67.2 Å². The Kier molecular flexibility index (Phi) is 22.5. The molecule has 12 rings (SSSR count). The van der Waals surface area contributed by atoms with Gasteiger partial charge in [0.15, 0.2) is 34.5 Å². The number of carbonyl (C=O) groups excluding carboxylic acids is 3. The number of hydrogen-bond donors (Lipinski definition) is 6. The van der Waals surface area contributed by atoms with Crippen LogP contribution >= 0.6 is 0 Å². The molecule has 100 heavy (non-hydrogen) atoms. The van der Waals surface area contributed by atoms with Crippen molar-refractivity contribution in [1.82, 2.24) is 30.9 Å². The van der Waals surface area contributed by atoms with Crippen molar-refractivity contribution >= 4 is 57.7 Å². The maximum atomic E-state index is 14.0. The number of amides is 3. The zero-order chi connectivity index (χ0) is 71.3. The number of hydrogen-bond acceptors (Lipinski definition) is 19. The van der Waals surface area contributed by atoms with Gasteiger partial charge in [0.05, 0.1) is 119 Å². The van der Waals surface area contributed by atoms with Gasteiger partial charge in [-0.3, -0.25) is 19.4 Å². The number of rotatable bonds is 23. The second-order valence-corrected chi connectivity index (χ2v) is 23.2. The van der Waals surface area contributed by atoms with Crippen molar-refractivity contribution in [3.8, 4) is 57.5 Å². The van der Waals surface area contributed by atoms with E-state index in [2.05, 4.69) is 30.9 Å². The molecule has 24 heteroatoms. The first kappa shape index (κ1) is 70.7. The lowest BCUT2D eigenvalue weighted by Crippen LogP contribution is -2.22. The van der Waals surface area contributed by atoms with Crippen LogP contribution in [0.15, 0.2) is 158 Å². The molecule has 0 aliphatic heterocycles. The normalized spacial score (nSPS) is 14.1. The van der Waals surface area contributed by atoms with Crippen LogP contribution in [0.5, 0.6) is 57.5 Å². The highest BCUT2D eigenvalue weighted by Gasteiger charge is 2.33. The third kappa shape index (κ3) is 16.0. The summed E-state index contributed by atoms with van der Waals surface area (Å²) >= 11 is 0. The first-order valence-electron chi connectivity index (χ1n) is 31.4. The highest BCUT2D eigenvalue weighted by atomic mass is 19.1. The number of fused-ring (bicyclic) bond motifs is 3. The Morgan fingerprint density at radius 3 is 1.33 bits per heavy atom. The molecule has 6 aromatic heterocycles. The van der Waals surface area contributed by atoms with E-state index in [0.717, 1.165) is 67.0 Å². The minimum atomic E-state index is -0.621. The highest BCUT2D eigenvalue weighted by molar-refractivity contribution is 6.09. The molecule has 3 aliphatic rings. The van der Waals surface area contributed by atoms with Gasteiger partial charge in [0.2, 0.25) is 46.9 Å². The number of carbonyl (C=O) groups is 3. The molecule has 1 unspecified atom stereocenters. The van der Waals surface area contributed by atoms with Crippen molar-refractivity contribution < 1.29 is 84.9 Å². The van der Waals surface area contributed by atoms with Crippen LogP contribution in [0.25, 0.3) is 40.0 Å². The molecule has 0 radical (unpaired) electrons. The Bertz CT molecular complexity index is 4590. The van der Waals surface area contributed by atoms with Gasteiger partial charge in [-0.2, -0.15) is 8.78 Å². The van der Waals surface area contributed by atoms with Gasteiger partial charge in [0.1, 0.15) is 23.0 Å². The van der Waals surface area contributed by atoms with Crippen LogP contribution in [0.4, 0.5) is 8.78 Å². The number of furan rings is 3. The SMILES string of the molecule is COc1cc(/C=C2/C(C)=C(CC(=O)NCc3ccco3)c3cc(F)ncc32)cc(OC)c1O.COc1cc(CC2C(C)=C(CC(=O)NCc3ccco3)c3cc(F)ncc32)cc(OC)c1O.COc1cnc2c(c1)C(CC(=O)NCc1ccco1)=C(C)/C2=C/c1cc(OC)c(O)c(OC)c1. The summed E-state index contributed by atoms with van der Waals surface area (Å²) in [6, 6.07) is 25.5. The van der Waals surface area contributed by atoms with Gasteiger partial charge in [0.25, 0.3) is 0 Å². The summed E-state index contributed by atoms with van der Waals surface area (Å²) in [5.74, 6) is 2.23. The lowest BCUT2D eigenvalue weighted by molar-refractivity contribution is -0.121. The minimum absolute atomic E-state index is 0.0667. The summed E-state index contributed by atoms with van der Waals surface area (Å²) < 4.78 is 80.8. The maximum Gasteiger partial charge on any atom is 0.224 e. The Labute approximate surface area is 574 Å². The Morgan fingerprint density at radius 2 is 0.890 bits per heavy atom. The van der Waals surface area contributed by atoms with E-state index in [1.807, 2.05) is 45.1 Å². The molecule has 0 saturated heterocycles. The van der Waals surface area contributed by atoms with Gasteiger partial charge in [-0.15, -0.1) is 0 Å². The van der Waals surface area contributed by atoms with E-state index in [9.17, 15) is 38.5 Å². The van der Waals surface area contributed by atoms with Gasteiger partial charge >= 0.3 is 0 Å². The number of phenols is 3. The van der Waals surface area contributed by atoms with Crippen LogP contribution in [-0.4, -0.2) is 97.8 Å². The number of pyridine rings is 3. The van der Waals surface area contributed by atoms with Crippen molar-refractivity contribution in [2.75, 3.05) is 49.8 Å². The van der Waals surface area contributed by atoms with E-state index in [0.29, 0.717) is 86.8 Å². The lowest BCUT2D eigenvalue weighted by Gasteiger charge is -2.17. The molecule has 518 valence electrons. The standard InChI is InChI=1S/C26H26N2O6.C25H25FN2O5.C25H23FN2O5/c1-15-19(12-24(29)27-13-17-6-5-7-34-17)21-11-18(31-2)14-28-25(21)20(15)8-16-9-22(32-3)26(30)23(10-16)33-4;2*1-14-17(7-15-8-21(31-2)25(30)22(9-15)32-3)20-13-27-23(26)10-19(20)18(14)11-24(29)28-12-16-5-4-6-33-16/h5-11,14,30H,12-13H2,1-4H3,(H,27,29);4-6,8-10,13,17,30H,7,11-12H2,1-3H3,(H,28,29);4-10,13,30H,11-12H2,1-3H3,(H,28,29)/b20-8-;;17-7-. The Hall–Kier alpha value is -12.1. The molecule has 3 amide bonds. The van der Waals surface area contributed by atoms with Gasteiger partial charge < -0.3 is 77.7 Å². The summed E-state index contributed by atoms with van der Waals surface area (Å²) in [7, 11) is 10.4.